The molecule has 0 aliphatic carbocycles. The highest BCUT2D eigenvalue weighted by atomic mass is 35.5. The molecule has 1 unspecified atom stereocenters. The van der Waals surface area contributed by atoms with Crippen LogP contribution in [0, 0.1) is 0 Å². The Morgan fingerprint density at radius 2 is 1.63 bits per heavy atom. The number of nitrogens with one attached hydrogen (secondary N) is 1. The fourth-order valence-electron chi connectivity index (χ4n) is 3.89. The van der Waals surface area contributed by atoms with Gasteiger partial charge in [0.15, 0.2) is 0 Å². The van der Waals surface area contributed by atoms with Crippen LogP contribution in [-0.2, 0) is 29.0 Å². The minimum atomic E-state index is -0.670. The molecule has 184 valence electrons. The third-order valence-electron chi connectivity index (χ3n) is 5.91. The number of methoxy groups -OCH3 is 1. The molecule has 0 heterocycles. The molecule has 0 aromatic heterocycles. The Hall–Kier alpha value is -3.31. The summed E-state index contributed by atoms with van der Waals surface area (Å²) in [4.78, 5) is 28.8. The molecule has 0 fully saturated rings. The van der Waals surface area contributed by atoms with Crippen LogP contribution in [0.1, 0.15) is 36.5 Å². The summed E-state index contributed by atoms with van der Waals surface area (Å²) < 4.78 is 5.23. The molecule has 2 amide bonds. The van der Waals surface area contributed by atoms with Crippen molar-refractivity contribution in [1.82, 2.24) is 10.2 Å². The van der Waals surface area contributed by atoms with E-state index in [2.05, 4.69) is 12.2 Å². The van der Waals surface area contributed by atoms with E-state index in [0.29, 0.717) is 18.0 Å². The zero-order chi connectivity index (χ0) is 25.0. The first-order valence-corrected chi connectivity index (χ1v) is 12.4. The number of hydrogen-bond acceptors (Lipinski definition) is 3. The highest BCUT2D eigenvalue weighted by molar-refractivity contribution is 6.31. The largest absolute Gasteiger partial charge is 0.497 e. The summed E-state index contributed by atoms with van der Waals surface area (Å²) in [5, 5.41) is 3.61. The van der Waals surface area contributed by atoms with Crippen molar-refractivity contribution in [3.05, 3.63) is 101 Å². The van der Waals surface area contributed by atoms with Crippen LogP contribution in [0.4, 0.5) is 0 Å². The van der Waals surface area contributed by atoms with Gasteiger partial charge in [0.1, 0.15) is 11.8 Å². The lowest BCUT2D eigenvalue weighted by Crippen LogP contribution is -2.51. The van der Waals surface area contributed by atoms with Gasteiger partial charge in [0.05, 0.1) is 13.5 Å². The minimum Gasteiger partial charge on any atom is -0.497 e. The second kappa shape index (κ2) is 13.5. The van der Waals surface area contributed by atoms with E-state index in [1.165, 1.54) is 0 Å². The fourth-order valence-corrected chi connectivity index (χ4v) is 4.09. The molecular formula is C29H33ClN2O3. The normalized spacial score (nSPS) is 11.5. The van der Waals surface area contributed by atoms with E-state index in [1.807, 2.05) is 72.8 Å². The summed E-state index contributed by atoms with van der Waals surface area (Å²) in [6.07, 6.45) is 2.44. The third kappa shape index (κ3) is 7.86. The number of unbranched alkanes of at least 4 members (excludes halogenated alkanes) is 1. The number of ether oxygens (including phenoxy) is 1. The number of hydrogen-bond donors (Lipinski definition) is 1. The van der Waals surface area contributed by atoms with E-state index in [1.54, 1.807) is 18.1 Å². The summed E-state index contributed by atoms with van der Waals surface area (Å²) in [5.74, 6) is 0.436. The molecule has 0 aliphatic rings. The predicted octanol–water partition coefficient (Wildman–Crippen LogP) is 5.45. The molecule has 0 aliphatic heterocycles. The Morgan fingerprint density at radius 1 is 0.943 bits per heavy atom. The quantitative estimate of drug-likeness (QED) is 0.342. The van der Waals surface area contributed by atoms with Gasteiger partial charge in [-0.1, -0.05) is 85.6 Å². The third-order valence-corrected chi connectivity index (χ3v) is 6.28. The van der Waals surface area contributed by atoms with Crippen molar-refractivity contribution in [2.75, 3.05) is 13.7 Å². The fraction of sp³-hybridized carbons (Fsp3) is 0.310. The van der Waals surface area contributed by atoms with Crippen LogP contribution in [0.5, 0.6) is 5.75 Å². The van der Waals surface area contributed by atoms with E-state index < -0.39 is 6.04 Å². The van der Waals surface area contributed by atoms with Crippen LogP contribution in [0.3, 0.4) is 0 Å². The van der Waals surface area contributed by atoms with Gasteiger partial charge in [0.2, 0.25) is 11.8 Å². The number of nitrogens with zero attached hydrogens (tertiary/aromatic N) is 1. The maximum Gasteiger partial charge on any atom is 0.243 e. The maximum absolute atomic E-state index is 13.7. The Labute approximate surface area is 213 Å². The van der Waals surface area contributed by atoms with E-state index >= 15 is 0 Å². The molecule has 0 saturated carbocycles. The molecule has 6 heteroatoms. The molecule has 5 nitrogen and oxygen atoms in total. The highest BCUT2D eigenvalue weighted by Crippen LogP contribution is 2.22. The summed E-state index contributed by atoms with van der Waals surface area (Å²) >= 11 is 6.46. The van der Waals surface area contributed by atoms with Gasteiger partial charge in [-0.2, -0.15) is 0 Å². The van der Waals surface area contributed by atoms with Crippen LogP contribution in [0.25, 0.3) is 0 Å². The second-order valence-electron chi connectivity index (χ2n) is 8.49. The van der Waals surface area contributed by atoms with Crippen molar-refractivity contribution in [3.8, 4) is 5.75 Å². The minimum absolute atomic E-state index is 0.137. The lowest BCUT2D eigenvalue weighted by Gasteiger charge is -2.32. The molecule has 1 N–H and O–H groups in total. The van der Waals surface area contributed by atoms with Crippen LogP contribution in [-0.4, -0.2) is 36.4 Å². The van der Waals surface area contributed by atoms with Gasteiger partial charge in [0, 0.05) is 24.5 Å². The van der Waals surface area contributed by atoms with Gasteiger partial charge < -0.3 is 15.0 Å². The van der Waals surface area contributed by atoms with Crippen molar-refractivity contribution in [2.24, 2.45) is 0 Å². The zero-order valence-electron chi connectivity index (χ0n) is 20.4. The molecule has 0 bridgehead atoms. The van der Waals surface area contributed by atoms with Gasteiger partial charge in [-0.25, -0.2) is 0 Å². The Kier molecular flexibility index (Phi) is 10.2. The first-order valence-electron chi connectivity index (χ1n) is 12.0. The second-order valence-corrected chi connectivity index (χ2v) is 8.90. The van der Waals surface area contributed by atoms with Crippen molar-refractivity contribution in [2.45, 2.75) is 45.2 Å². The molecule has 0 spiro atoms. The van der Waals surface area contributed by atoms with Crippen molar-refractivity contribution < 1.29 is 14.3 Å². The molecule has 3 aromatic carbocycles. The average molecular weight is 493 g/mol. The number of amides is 2. The summed E-state index contributed by atoms with van der Waals surface area (Å²) in [6, 6.07) is 24.0. The Morgan fingerprint density at radius 3 is 2.29 bits per heavy atom. The van der Waals surface area contributed by atoms with E-state index in [-0.39, 0.29) is 24.8 Å². The molecule has 1 atom stereocenters. The van der Waals surface area contributed by atoms with Gasteiger partial charge >= 0.3 is 0 Å². The standard InChI is InChI=1S/C29H33ClN2O3/c1-3-4-18-31-29(34)27(19-22-10-6-5-7-11-22)32(21-24-12-8-9-13-26(24)30)28(33)20-23-14-16-25(35-2)17-15-23/h5-17,27H,3-4,18-21H2,1-2H3,(H,31,34). The lowest BCUT2D eigenvalue weighted by molar-refractivity contribution is -0.140. The van der Waals surface area contributed by atoms with Gasteiger partial charge in [-0.15, -0.1) is 0 Å². The Bertz CT molecular complexity index is 1090. The average Bonchev–Trinajstić information content (AvgIpc) is 2.88. The smallest absolute Gasteiger partial charge is 0.243 e. The summed E-state index contributed by atoms with van der Waals surface area (Å²) in [6.45, 7) is 2.90. The van der Waals surface area contributed by atoms with Crippen molar-refractivity contribution in [1.29, 1.82) is 0 Å². The van der Waals surface area contributed by atoms with Crippen molar-refractivity contribution >= 4 is 23.4 Å². The van der Waals surface area contributed by atoms with Crippen LogP contribution < -0.4 is 10.1 Å². The first-order chi connectivity index (χ1) is 17.0. The Balaban J connectivity index is 1.93. The van der Waals surface area contributed by atoms with E-state index in [0.717, 1.165) is 35.3 Å². The number of halogens is 1. The molecule has 3 aromatic rings. The maximum atomic E-state index is 13.7. The van der Waals surface area contributed by atoms with Gasteiger partial charge in [-0.3, -0.25) is 9.59 Å². The van der Waals surface area contributed by atoms with Gasteiger partial charge in [0.25, 0.3) is 0 Å². The summed E-state index contributed by atoms with van der Waals surface area (Å²) in [7, 11) is 1.61. The number of benzene rings is 3. The number of carbonyl (C=O) groups is 2. The SMILES string of the molecule is CCCCNC(=O)C(Cc1ccccc1)N(Cc1ccccc1Cl)C(=O)Cc1ccc(OC)cc1. The zero-order valence-corrected chi connectivity index (χ0v) is 21.1. The molecule has 0 saturated heterocycles. The molecule has 3 rings (SSSR count). The highest BCUT2D eigenvalue weighted by Gasteiger charge is 2.30. The number of carbonyl (C=O) groups excluding carboxylic acids is 2. The molecule has 35 heavy (non-hydrogen) atoms. The van der Waals surface area contributed by atoms with Gasteiger partial charge in [-0.05, 0) is 41.3 Å². The van der Waals surface area contributed by atoms with Crippen LogP contribution in [0.15, 0.2) is 78.9 Å². The van der Waals surface area contributed by atoms with Crippen LogP contribution in [0.2, 0.25) is 5.02 Å². The molecular weight excluding hydrogens is 460 g/mol. The van der Waals surface area contributed by atoms with Crippen LogP contribution >= 0.6 is 11.6 Å². The number of rotatable bonds is 12. The van der Waals surface area contributed by atoms with E-state index in [9.17, 15) is 9.59 Å². The first kappa shape index (κ1) is 26.3. The predicted molar refractivity (Wildman–Crippen MR) is 141 cm³/mol. The molecule has 0 radical (unpaired) electrons. The summed E-state index contributed by atoms with van der Waals surface area (Å²) in [5.41, 5.74) is 2.64. The van der Waals surface area contributed by atoms with Crippen molar-refractivity contribution in [3.63, 3.8) is 0 Å². The monoisotopic (exact) mass is 492 g/mol. The topological polar surface area (TPSA) is 58.6 Å². The lowest BCUT2D eigenvalue weighted by atomic mass is 10.0. The van der Waals surface area contributed by atoms with E-state index in [4.69, 9.17) is 16.3 Å².